The number of nitrogens with one attached hydrogen (secondary N) is 1. The molecule has 0 spiro atoms. The van der Waals surface area contributed by atoms with Crippen molar-refractivity contribution in [3.8, 4) is 0 Å². The van der Waals surface area contributed by atoms with E-state index in [0.29, 0.717) is 16.9 Å². The number of nitrogens with zero attached hydrogens (tertiary/aromatic N) is 1. The summed E-state index contributed by atoms with van der Waals surface area (Å²) in [5.74, 6) is -0.163. The lowest BCUT2D eigenvalue weighted by molar-refractivity contribution is -0.384. The summed E-state index contributed by atoms with van der Waals surface area (Å²) < 4.78 is 0. The fourth-order valence-corrected chi connectivity index (χ4v) is 2.81. The molecule has 0 aliphatic heterocycles. The number of non-ortho nitro benzene ring substituents is 1. The van der Waals surface area contributed by atoms with Gasteiger partial charge in [-0.25, -0.2) is 0 Å². The molecule has 0 heterocycles. The monoisotopic (exact) mass is 331 g/mol. The van der Waals surface area contributed by atoms with E-state index < -0.39 is 4.92 Å². The van der Waals surface area contributed by atoms with Gasteiger partial charge >= 0.3 is 0 Å². The molecular formula is C16H17N3O3S. The van der Waals surface area contributed by atoms with Crippen LogP contribution in [-0.2, 0) is 4.79 Å². The molecule has 0 aliphatic rings. The van der Waals surface area contributed by atoms with Crippen LogP contribution >= 0.6 is 11.8 Å². The molecule has 2 aromatic rings. The highest BCUT2D eigenvalue weighted by Gasteiger charge is 2.16. The van der Waals surface area contributed by atoms with Gasteiger partial charge in [0.05, 0.1) is 10.2 Å². The molecule has 2 aromatic carbocycles. The maximum Gasteiger partial charge on any atom is 0.269 e. The average Bonchev–Trinajstić information content (AvgIpc) is 2.51. The van der Waals surface area contributed by atoms with Crippen molar-refractivity contribution in [2.24, 2.45) is 0 Å². The van der Waals surface area contributed by atoms with Crippen molar-refractivity contribution in [1.82, 2.24) is 0 Å². The summed E-state index contributed by atoms with van der Waals surface area (Å²) in [5.41, 5.74) is 7.54. The van der Waals surface area contributed by atoms with E-state index in [4.69, 9.17) is 5.73 Å². The number of aryl methyl sites for hydroxylation is 1. The van der Waals surface area contributed by atoms with Crippen LogP contribution in [-0.4, -0.2) is 16.1 Å². The van der Waals surface area contributed by atoms with E-state index in [1.165, 1.54) is 23.9 Å². The number of benzene rings is 2. The zero-order valence-electron chi connectivity index (χ0n) is 12.8. The number of rotatable bonds is 5. The Labute approximate surface area is 138 Å². The molecule has 1 unspecified atom stereocenters. The topological polar surface area (TPSA) is 98.3 Å². The lowest BCUT2D eigenvalue weighted by Gasteiger charge is -2.13. The van der Waals surface area contributed by atoms with Gasteiger partial charge in [0, 0.05) is 28.4 Å². The predicted molar refractivity (Wildman–Crippen MR) is 92.6 cm³/mol. The lowest BCUT2D eigenvalue weighted by Crippen LogP contribution is -2.22. The SMILES string of the molecule is Cc1cc([N+](=O)[O-])ccc1NC(=O)C(C)Sc1ccc(N)cc1. The number of nitro benzene ring substituents is 1. The molecule has 0 saturated carbocycles. The van der Waals surface area contributed by atoms with E-state index in [9.17, 15) is 14.9 Å². The van der Waals surface area contributed by atoms with Crippen molar-refractivity contribution >= 4 is 34.7 Å². The largest absolute Gasteiger partial charge is 0.399 e. The third-order valence-electron chi connectivity index (χ3n) is 3.24. The van der Waals surface area contributed by atoms with E-state index in [2.05, 4.69) is 5.32 Å². The minimum absolute atomic E-state index is 0.00444. The summed E-state index contributed by atoms with van der Waals surface area (Å²) in [4.78, 5) is 23.5. The summed E-state index contributed by atoms with van der Waals surface area (Å²) in [5, 5.41) is 13.2. The van der Waals surface area contributed by atoms with Gasteiger partial charge in [-0.1, -0.05) is 0 Å². The number of carbonyl (C=O) groups excluding carboxylic acids is 1. The molecule has 7 heteroatoms. The van der Waals surface area contributed by atoms with Gasteiger partial charge in [0.2, 0.25) is 5.91 Å². The second kappa shape index (κ2) is 7.15. The van der Waals surface area contributed by atoms with Crippen LogP contribution in [0.25, 0.3) is 0 Å². The van der Waals surface area contributed by atoms with Gasteiger partial charge in [-0.05, 0) is 49.7 Å². The van der Waals surface area contributed by atoms with Crippen molar-refractivity contribution in [3.05, 3.63) is 58.1 Å². The standard InChI is InChI=1S/C16H17N3O3S/c1-10-9-13(19(21)22)5-8-15(10)18-16(20)11(2)23-14-6-3-12(17)4-7-14/h3-9,11H,17H2,1-2H3,(H,18,20). The Morgan fingerprint density at radius 3 is 2.48 bits per heavy atom. The van der Waals surface area contributed by atoms with Crippen LogP contribution in [0.4, 0.5) is 17.1 Å². The second-order valence-electron chi connectivity index (χ2n) is 5.07. The smallest absolute Gasteiger partial charge is 0.269 e. The summed E-state index contributed by atoms with van der Waals surface area (Å²) in [6.07, 6.45) is 0. The molecule has 0 fully saturated rings. The van der Waals surface area contributed by atoms with Crippen LogP contribution in [0.15, 0.2) is 47.4 Å². The molecule has 6 nitrogen and oxygen atoms in total. The number of nitro groups is 1. The average molecular weight is 331 g/mol. The molecule has 0 bridgehead atoms. The first-order valence-electron chi connectivity index (χ1n) is 6.95. The maximum absolute atomic E-state index is 12.3. The Bertz CT molecular complexity index is 732. The molecule has 0 aromatic heterocycles. The highest BCUT2D eigenvalue weighted by Crippen LogP contribution is 2.26. The van der Waals surface area contributed by atoms with E-state index in [0.717, 1.165) is 4.90 Å². The minimum Gasteiger partial charge on any atom is -0.399 e. The lowest BCUT2D eigenvalue weighted by atomic mass is 10.2. The van der Waals surface area contributed by atoms with Crippen LogP contribution < -0.4 is 11.1 Å². The fraction of sp³-hybridized carbons (Fsp3) is 0.188. The van der Waals surface area contributed by atoms with Crippen molar-refractivity contribution < 1.29 is 9.72 Å². The minimum atomic E-state index is -0.460. The third-order valence-corrected chi connectivity index (χ3v) is 4.35. The Hall–Kier alpha value is -2.54. The molecule has 2 rings (SSSR count). The van der Waals surface area contributed by atoms with E-state index >= 15 is 0 Å². The van der Waals surface area contributed by atoms with Crippen molar-refractivity contribution in [2.75, 3.05) is 11.1 Å². The van der Waals surface area contributed by atoms with Crippen LogP contribution in [0, 0.1) is 17.0 Å². The zero-order chi connectivity index (χ0) is 17.0. The van der Waals surface area contributed by atoms with Gasteiger partial charge in [0.15, 0.2) is 0 Å². The maximum atomic E-state index is 12.3. The number of anilines is 2. The molecule has 3 N–H and O–H groups in total. The van der Waals surface area contributed by atoms with Crippen molar-refractivity contribution in [2.45, 2.75) is 24.0 Å². The Balaban J connectivity index is 2.03. The third kappa shape index (κ3) is 4.46. The predicted octanol–water partition coefficient (Wildman–Crippen LogP) is 3.60. The number of hydrogen-bond donors (Lipinski definition) is 2. The van der Waals surface area contributed by atoms with E-state index in [1.54, 1.807) is 32.0 Å². The molecule has 120 valence electrons. The van der Waals surface area contributed by atoms with Gasteiger partial charge < -0.3 is 11.1 Å². The zero-order valence-corrected chi connectivity index (χ0v) is 13.6. The molecule has 0 radical (unpaired) electrons. The number of amides is 1. The second-order valence-corrected chi connectivity index (χ2v) is 6.49. The van der Waals surface area contributed by atoms with Crippen molar-refractivity contribution in [3.63, 3.8) is 0 Å². The van der Waals surface area contributed by atoms with Crippen molar-refractivity contribution in [1.29, 1.82) is 0 Å². The Kier molecular flexibility index (Phi) is 5.23. The number of nitrogen functional groups attached to an aromatic ring is 1. The first-order chi connectivity index (χ1) is 10.9. The Morgan fingerprint density at radius 2 is 1.91 bits per heavy atom. The van der Waals surface area contributed by atoms with Crippen LogP contribution in [0.2, 0.25) is 0 Å². The number of hydrogen-bond acceptors (Lipinski definition) is 5. The normalized spacial score (nSPS) is 11.7. The quantitative estimate of drug-likeness (QED) is 0.377. The number of carbonyl (C=O) groups is 1. The first-order valence-corrected chi connectivity index (χ1v) is 7.83. The Morgan fingerprint density at radius 1 is 1.26 bits per heavy atom. The van der Waals surface area contributed by atoms with Gasteiger partial charge in [-0.15, -0.1) is 11.8 Å². The summed E-state index contributed by atoms with van der Waals surface area (Å²) in [6, 6.07) is 11.7. The molecule has 0 saturated heterocycles. The van der Waals surface area contributed by atoms with Gasteiger partial charge in [-0.3, -0.25) is 14.9 Å². The summed E-state index contributed by atoms with van der Waals surface area (Å²) >= 11 is 1.42. The highest BCUT2D eigenvalue weighted by atomic mass is 32.2. The number of nitrogens with two attached hydrogens (primary N) is 1. The highest BCUT2D eigenvalue weighted by molar-refractivity contribution is 8.00. The summed E-state index contributed by atoms with van der Waals surface area (Å²) in [7, 11) is 0. The van der Waals surface area contributed by atoms with Crippen LogP contribution in [0.1, 0.15) is 12.5 Å². The first kappa shape index (κ1) is 16.8. The van der Waals surface area contributed by atoms with E-state index in [1.807, 2.05) is 12.1 Å². The molecule has 0 aliphatic carbocycles. The van der Waals surface area contributed by atoms with Gasteiger partial charge in [-0.2, -0.15) is 0 Å². The summed E-state index contributed by atoms with van der Waals surface area (Å²) in [6.45, 7) is 3.53. The molecule has 1 atom stereocenters. The van der Waals surface area contributed by atoms with Gasteiger partial charge in [0.25, 0.3) is 5.69 Å². The number of thioether (sulfide) groups is 1. The van der Waals surface area contributed by atoms with Gasteiger partial charge in [0.1, 0.15) is 0 Å². The molecule has 1 amide bonds. The van der Waals surface area contributed by atoms with Crippen LogP contribution in [0.3, 0.4) is 0 Å². The molecular weight excluding hydrogens is 314 g/mol. The van der Waals surface area contributed by atoms with E-state index in [-0.39, 0.29) is 16.8 Å². The van der Waals surface area contributed by atoms with Crippen LogP contribution in [0.5, 0.6) is 0 Å². The molecule has 23 heavy (non-hydrogen) atoms. The fourth-order valence-electron chi connectivity index (χ4n) is 1.94.